The van der Waals surface area contributed by atoms with Crippen molar-refractivity contribution in [3.8, 4) is 0 Å². The van der Waals surface area contributed by atoms with E-state index in [1.54, 1.807) is 36.1 Å². The van der Waals surface area contributed by atoms with E-state index in [-0.39, 0.29) is 17.4 Å². The summed E-state index contributed by atoms with van der Waals surface area (Å²) in [4.78, 5) is 31.7. The number of rotatable bonds is 3. The highest BCUT2D eigenvalue weighted by molar-refractivity contribution is 6.06. The van der Waals surface area contributed by atoms with Gasteiger partial charge in [0, 0.05) is 61.1 Å². The van der Waals surface area contributed by atoms with Crippen LogP contribution < -0.4 is 4.90 Å². The number of nitrogens with zero attached hydrogens (tertiary/aromatic N) is 4. The van der Waals surface area contributed by atoms with Gasteiger partial charge < -0.3 is 9.80 Å². The molecule has 1 fully saturated rings. The lowest BCUT2D eigenvalue weighted by molar-refractivity contribution is -0.384. The monoisotopic (exact) mass is 394 g/mol. The summed E-state index contributed by atoms with van der Waals surface area (Å²) in [6, 6.07) is 12.4. The molecule has 0 unspecified atom stereocenters. The zero-order valence-electron chi connectivity index (χ0n) is 15.8. The Hall–Kier alpha value is -3.55. The molecule has 3 aromatic rings. The molecule has 1 aromatic heterocycles. The van der Waals surface area contributed by atoms with Crippen LogP contribution in [0.15, 0.2) is 48.5 Å². The molecule has 148 valence electrons. The van der Waals surface area contributed by atoms with Gasteiger partial charge in [-0.3, -0.25) is 19.9 Å². The van der Waals surface area contributed by atoms with Crippen molar-refractivity contribution in [2.45, 2.75) is 6.92 Å². The maximum absolute atomic E-state index is 13.6. The molecule has 8 heteroatoms. The van der Waals surface area contributed by atoms with Gasteiger partial charge in [0.05, 0.1) is 16.0 Å². The normalized spacial score (nSPS) is 14.3. The molecular weight excluding hydrogens is 375 g/mol. The van der Waals surface area contributed by atoms with Gasteiger partial charge in [-0.15, -0.1) is 0 Å². The second-order valence-electron chi connectivity index (χ2n) is 7.03. The van der Waals surface area contributed by atoms with Gasteiger partial charge in [-0.1, -0.05) is 0 Å². The summed E-state index contributed by atoms with van der Waals surface area (Å²) >= 11 is 0. The summed E-state index contributed by atoms with van der Waals surface area (Å²) in [6.07, 6.45) is 0. The number of aromatic nitrogens is 1. The summed E-state index contributed by atoms with van der Waals surface area (Å²) in [5, 5.41) is 11.4. The van der Waals surface area contributed by atoms with Gasteiger partial charge in [0.15, 0.2) is 0 Å². The molecule has 0 radical (unpaired) electrons. The number of piperazine rings is 1. The van der Waals surface area contributed by atoms with Crippen LogP contribution in [0.25, 0.3) is 10.9 Å². The van der Waals surface area contributed by atoms with Gasteiger partial charge in [0.25, 0.3) is 11.6 Å². The quantitative estimate of drug-likeness (QED) is 0.501. The smallest absolute Gasteiger partial charge is 0.269 e. The number of carbonyl (C=O) groups is 1. The molecule has 0 N–H and O–H groups in total. The average molecular weight is 394 g/mol. The highest BCUT2D eigenvalue weighted by Gasteiger charge is 2.24. The number of hydrogen-bond acceptors (Lipinski definition) is 5. The lowest BCUT2D eigenvalue weighted by Crippen LogP contribution is -2.48. The average Bonchev–Trinajstić information content (AvgIpc) is 2.72. The van der Waals surface area contributed by atoms with Gasteiger partial charge in [-0.25, -0.2) is 4.39 Å². The number of anilines is 1. The molecule has 1 saturated heterocycles. The lowest BCUT2D eigenvalue weighted by atomic mass is 10.1. The summed E-state index contributed by atoms with van der Waals surface area (Å²) in [5.41, 5.74) is 2.60. The first-order valence-electron chi connectivity index (χ1n) is 9.28. The van der Waals surface area contributed by atoms with Crippen molar-refractivity contribution < 1.29 is 14.1 Å². The molecule has 0 bridgehead atoms. The van der Waals surface area contributed by atoms with Crippen molar-refractivity contribution in [2.24, 2.45) is 0 Å². The Morgan fingerprint density at radius 1 is 1.07 bits per heavy atom. The number of nitro groups is 1. The first-order valence-corrected chi connectivity index (χ1v) is 9.28. The van der Waals surface area contributed by atoms with E-state index in [1.807, 2.05) is 0 Å². The zero-order chi connectivity index (χ0) is 20.5. The van der Waals surface area contributed by atoms with Gasteiger partial charge in [-0.2, -0.15) is 0 Å². The minimum atomic E-state index is -0.423. The van der Waals surface area contributed by atoms with Gasteiger partial charge in [-0.05, 0) is 37.3 Å². The Morgan fingerprint density at radius 2 is 1.76 bits per heavy atom. The van der Waals surface area contributed by atoms with Crippen LogP contribution in [0.1, 0.15) is 16.1 Å². The molecule has 0 spiro atoms. The van der Waals surface area contributed by atoms with E-state index in [0.717, 1.165) is 5.69 Å². The van der Waals surface area contributed by atoms with E-state index >= 15 is 0 Å². The lowest BCUT2D eigenvalue weighted by Gasteiger charge is -2.36. The van der Waals surface area contributed by atoms with E-state index in [0.29, 0.717) is 48.3 Å². The molecule has 4 rings (SSSR count). The molecule has 7 nitrogen and oxygen atoms in total. The zero-order valence-corrected chi connectivity index (χ0v) is 15.8. The predicted octanol–water partition coefficient (Wildman–Crippen LogP) is 3.55. The maximum atomic E-state index is 13.6. The first-order chi connectivity index (χ1) is 13.9. The Balaban J connectivity index is 1.51. The highest BCUT2D eigenvalue weighted by atomic mass is 19.1. The molecule has 1 aliphatic heterocycles. The predicted molar refractivity (Wildman–Crippen MR) is 108 cm³/mol. The molecule has 0 aliphatic carbocycles. The highest BCUT2D eigenvalue weighted by Crippen LogP contribution is 2.24. The van der Waals surface area contributed by atoms with Crippen LogP contribution >= 0.6 is 0 Å². The number of pyridine rings is 1. The maximum Gasteiger partial charge on any atom is 0.269 e. The van der Waals surface area contributed by atoms with E-state index in [4.69, 9.17) is 0 Å². The van der Waals surface area contributed by atoms with E-state index in [2.05, 4.69) is 9.88 Å². The minimum Gasteiger partial charge on any atom is -0.368 e. The number of hydrogen-bond donors (Lipinski definition) is 0. The topological polar surface area (TPSA) is 79.6 Å². The number of halogens is 1. The molecule has 2 heterocycles. The first kappa shape index (κ1) is 18.8. The van der Waals surface area contributed by atoms with Crippen molar-refractivity contribution in [1.29, 1.82) is 0 Å². The number of amides is 1. The molecule has 1 aliphatic rings. The van der Waals surface area contributed by atoms with Crippen LogP contribution in [0.2, 0.25) is 0 Å². The second-order valence-corrected chi connectivity index (χ2v) is 7.03. The third kappa shape index (κ3) is 3.73. The van der Waals surface area contributed by atoms with Crippen LogP contribution in [0, 0.1) is 22.9 Å². The number of benzene rings is 2. The van der Waals surface area contributed by atoms with Crippen LogP contribution in [0.5, 0.6) is 0 Å². The summed E-state index contributed by atoms with van der Waals surface area (Å²) < 4.78 is 13.6. The fourth-order valence-corrected chi connectivity index (χ4v) is 3.63. The SMILES string of the molecule is Cc1cc(C(=O)N2CCN(c3ccc([N+](=O)[O-])cc3)CC2)c2ccc(F)cc2n1. The van der Waals surface area contributed by atoms with Crippen molar-refractivity contribution in [1.82, 2.24) is 9.88 Å². The third-order valence-corrected chi connectivity index (χ3v) is 5.12. The number of carbonyl (C=O) groups excluding carboxylic acids is 1. The standard InChI is InChI=1S/C21H19FN4O3/c1-14-12-19(18-7-2-15(22)13-20(18)23-14)21(27)25-10-8-24(9-11-25)16-3-5-17(6-4-16)26(28)29/h2-7,12-13H,8-11H2,1H3. The molecule has 29 heavy (non-hydrogen) atoms. The fraction of sp³-hybridized carbons (Fsp3) is 0.238. The van der Waals surface area contributed by atoms with Crippen molar-refractivity contribution in [2.75, 3.05) is 31.1 Å². The summed E-state index contributed by atoms with van der Waals surface area (Å²) in [5.74, 6) is -0.485. The van der Waals surface area contributed by atoms with E-state index in [1.165, 1.54) is 24.3 Å². The summed E-state index contributed by atoms with van der Waals surface area (Å²) in [6.45, 7) is 4.09. The third-order valence-electron chi connectivity index (χ3n) is 5.12. The molecule has 0 saturated carbocycles. The Kier molecular flexibility index (Phi) is 4.84. The molecule has 2 aromatic carbocycles. The van der Waals surface area contributed by atoms with E-state index < -0.39 is 4.92 Å². The number of aryl methyl sites for hydroxylation is 1. The van der Waals surface area contributed by atoms with Crippen molar-refractivity contribution >= 4 is 28.2 Å². The van der Waals surface area contributed by atoms with Gasteiger partial charge >= 0.3 is 0 Å². The van der Waals surface area contributed by atoms with Crippen LogP contribution in [0.3, 0.4) is 0 Å². The van der Waals surface area contributed by atoms with Crippen molar-refractivity contribution in [3.05, 3.63) is 75.7 Å². The summed E-state index contributed by atoms with van der Waals surface area (Å²) in [7, 11) is 0. The molecule has 1 amide bonds. The van der Waals surface area contributed by atoms with Crippen LogP contribution in [-0.2, 0) is 0 Å². The Morgan fingerprint density at radius 3 is 2.41 bits per heavy atom. The number of fused-ring (bicyclic) bond motifs is 1. The minimum absolute atomic E-state index is 0.0546. The van der Waals surface area contributed by atoms with Crippen LogP contribution in [0.4, 0.5) is 15.8 Å². The van der Waals surface area contributed by atoms with Gasteiger partial charge in [0.1, 0.15) is 5.82 Å². The molecular formula is C21H19FN4O3. The Labute approximate surface area is 166 Å². The number of nitro benzene ring substituents is 1. The number of non-ortho nitro benzene ring substituents is 1. The molecule has 0 atom stereocenters. The van der Waals surface area contributed by atoms with Crippen LogP contribution in [-0.4, -0.2) is 46.9 Å². The Bertz CT molecular complexity index is 1090. The van der Waals surface area contributed by atoms with E-state index in [9.17, 15) is 19.3 Å². The second kappa shape index (κ2) is 7.46. The largest absolute Gasteiger partial charge is 0.368 e. The van der Waals surface area contributed by atoms with Gasteiger partial charge in [0.2, 0.25) is 0 Å². The van der Waals surface area contributed by atoms with Crippen molar-refractivity contribution in [3.63, 3.8) is 0 Å². The fourth-order valence-electron chi connectivity index (χ4n) is 3.63.